The lowest BCUT2D eigenvalue weighted by Crippen LogP contribution is -2.08. The minimum absolute atomic E-state index is 0.0764. The molecule has 0 heterocycles. The summed E-state index contributed by atoms with van der Waals surface area (Å²) in [6.45, 7) is 5.87. The van der Waals surface area contributed by atoms with Crippen molar-refractivity contribution < 1.29 is 5.11 Å². The summed E-state index contributed by atoms with van der Waals surface area (Å²) < 4.78 is 0. The molecular weight excluding hydrogens is 88.1 g/mol. The molecule has 1 radical (unpaired) electrons. The number of hydrogen-bond donors (Lipinski definition) is 1. The fourth-order valence-corrected chi connectivity index (χ4v) is 0.667. The zero-order chi connectivity index (χ0) is 5.71. The molecular formula is C6H11O. The summed E-state index contributed by atoms with van der Waals surface area (Å²) >= 11 is 0. The van der Waals surface area contributed by atoms with Gasteiger partial charge in [0.25, 0.3) is 0 Å². The van der Waals surface area contributed by atoms with E-state index in [-0.39, 0.29) is 5.41 Å². The van der Waals surface area contributed by atoms with Gasteiger partial charge in [0.1, 0.15) is 0 Å². The van der Waals surface area contributed by atoms with Crippen molar-refractivity contribution in [3.8, 4) is 0 Å². The molecule has 0 aliphatic heterocycles. The highest BCUT2D eigenvalue weighted by molar-refractivity contribution is 5.25. The van der Waals surface area contributed by atoms with Gasteiger partial charge < -0.3 is 5.11 Å². The molecule has 1 rings (SSSR count). The van der Waals surface area contributed by atoms with E-state index in [2.05, 4.69) is 0 Å². The average Bonchev–Trinajstić information content (AvgIpc) is 1.63. The van der Waals surface area contributed by atoms with Crippen LogP contribution in [0.5, 0.6) is 0 Å². The SMILES string of the molecule is CC1(C)[CH]C1(C)O. The third-order valence-corrected chi connectivity index (χ3v) is 1.86. The van der Waals surface area contributed by atoms with Crippen molar-refractivity contribution in [3.63, 3.8) is 0 Å². The number of rotatable bonds is 0. The second-order valence-corrected chi connectivity index (χ2v) is 3.01. The molecule has 0 bridgehead atoms. The summed E-state index contributed by atoms with van der Waals surface area (Å²) in [4.78, 5) is 0. The van der Waals surface area contributed by atoms with Crippen LogP contribution in [0, 0.1) is 11.8 Å². The van der Waals surface area contributed by atoms with Crippen molar-refractivity contribution >= 4 is 0 Å². The Balaban J connectivity index is 2.59. The second kappa shape index (κ2) is 0.873. The van der Waals surface area contributed by atoms with Gasteiger partial charge in [-0.15, -0.1) is 0 Å². The van der Waals surface area contributed by atoms with Gasteiger partial charge in [-0.2, -0.15) is 0 Å². The first kappa shape index (κ1) is 5.10. The minimum atomic E-state index is -0.479. The Kier molecular flexibility index (Phi) is 0.636. The molecule has 0 spiro atoms. The van der Waals surface area contributed by atoms with Crippen LogP contribution in [-0.2, 0) is 0 Å². The van der Waals surface area contributed by atoms with Crippen LogP contribution in [-0.4, -0.2) is 10.7 Å². The molecule has 1 N–H and O–H groups in total. The lowest BCUT2D eigenvalue weighted by molar-refractivity contribution is 0.134. The zero-order valence-corrected chi connectivity index (χ0v) is 5.02. The third-order valence-electron chi connectivity index (χ3n) is 1.86. The normalized spacial score (nSPS) is 46.3. The first-order valence-electron chi connectivity index (χ1n) is 2.55. The van der Waals surface area contributed by atoms with Crippen LogP contribution in [0.4, 0.5) is 0 Å². The highest BCUT2D eigenvalue weighted by atomic mass is 16.3. The van der Waals surface area contributed by atoms with Gasteiger partial charge in [0.05, 0.1) is 5.60 Å². The molecule has 0 aromatic heterocycles. The van der Waals surface area contributed by atoms with Crippen LogP contribution in [0.25, 0.3) is 0 Å². The third kappa shape index (κ3) is 0.556. The van der Waals surface area contributed by atoms with Crippen LogP contribution in [0.2, 0.25) is 0 Å². The smallest absolute Gasteiger partial charge is 0.0712 e. The van der Waals surface area contributed by atoms with E-state index in [9.17, 15) is 0 Å². The van der Waals surface area contributed by atoms with Gasteiger partial charge in [-0.1, -0.05) is 13.8 Å². The molecule has 1 aliphatic rings. The number of aliphatic hydroxyl groups is 1. The molecule has 0 saturated heterocycles. The standard InChI is InChI=1S/C6H11O/c1-5(2)4-6(5,3)7/h4,7H,1-3H3. The highest BCUT2D eigenvalue weighted by Gasteiger charge is 2.56. The van der Waals surface area contributed by atoms with E-state index in [0.29, 0.717) is 0 Å². The van der Waals surface area contributed by atoms with Crippen LogP contribution in [0.3, 0.4) is 0 Å². The van der Waals surface area contributed by atoms with Gasteiger partial charge in [-0.3, -0.25) is 0 Å². The molecule has 0 aromatic carbocycles. The van der Waals surface area contributed by atoms with Crippen molar-refractivity contribution in [2.45, 2.75) is 26.4 Å². The Labute approximate surface area is 44.4 Å². The van der Waals surface area contributed by atoms with E-state index in [4.69, 9.17) is 5.11 Å². The minimum Gasteiger partial charge on any atom is -0.389 e. The summed E-state index contributed by atoms with van der Waals surface area (Å²) in [6.07, 6.45) is 1.93. The first-order valence-corrected chi connectivity index (χ1v) is 2.55. The fourth-order valence-electron chi connectivity index (χ4n) is 0.667. The lowest BCUT2D eigenvalue weighted by atomic mass is 10.1. The van der Waals surface area contributed by atoms with E-state index in [0.717, 1.165) is 0 Å². The van der Waals surface area contributed by atoms with Crippen molar-refractivity contribution in [2.24, 2.45) is 5.41 Å². The maximum absolute atomic E-state index is 9.10. The Morgan fingerprint density at radius 2 is 1.43 bits per heavy atom. The zero-order valence-electron chi connectivity index (χ0n) is 5.02. The molecule has 0 aromatic rings. The van der Waals surface area contributed by atoms with Gasteiger partial charge >= 0.3 is 0 Å². The Hall–Kier alpha value is -0.0400. The Bertz CT molecular complexity index is 80.4. The maximum atomic E-state index is 9.10. The summed E-state index contributed by atoms with van der Waals surface area (Å²) in [5.41, 5.74) is -0.403. The molecule has 1 fully saturated rings. The molecule has 1 nitrogen and oxygen atoms in total. The largest absolute Gasteiger partial charge is 0.389 e. The maximum Gasteiger partial charge on any atom is 0.0712 e. The molecule has 1 atom stereocenters. The van der Waals surface area contributed by atoms with E-state index in [1.54, 1.807) is 0 Å². The molecule has 1 aliphatic carbocycles. The summed E-state index contributed by atoms with van der Waals surface area (Å²) in [6, 6.07) is 0. The molecule has 1 unspecified atom stereocenters. The van der Waals surface area contributed by atoms with Crippen LogP contribution < -0.4 is 0 Å². The van der Waals surface area contributed by atoms with Crippen LogP contribution in [0.15, 0.2) is 0 Å². The molecule has 1 heteroatoms. The van der Waals surface area contributed by atoms with E-state index in [1.807, 2.05) is 27.2 Å². The monoisotopic (exact) mass is 99.1 g/mol. The van der Waals surface area contributed by atoms with Crippen LogP contribution >= 0.6 is 0 Å². The van der Waals surface area contributed by atoms with E-state index >= 15 is 0 Å². The lowest BCUT2D eigenvalue weighted by Gasteiger charge is -2.03. The van der Waals surface area contributed by atoms with Crippen molar-refractivity contribution in [1.82, 2.24) is 0 Å². The predicted octanol–water partition coefficient (Wildman–Crippen LogP) is 0.981. The molecule has 41 valence electrons. The summed E-state index contributed by atoms with van der Waals surface area (Å²) in [7, 11) is 0. The van der Waals surface area contributed by atoms with Gasteiger partial charge in [-0.25, -0.2) is 0 Å². The van der Waals surface area contributed by atoms with Crippen molar-refractivity contribution in [2.75, 3.05) is 0 Å². The van der Waals surface area contributed by atoms with Crippen molar-refractivity contribution in [3.05, 3.63) is 6.42 Å². The number of hydrogen-bond acceptors (Lipinski definition) is 1. The molecule has 1 saturated carbocycles. The second-order valence-electron chi connectivity index (χ2n) is 3.01. The van der Waals surface area contributed by atoms with Crippen LogP contribution in [0.1, 0.15) is 20.8 Å². The van der Waals surface area contributed by atoms with Gasteiger partial charge in [0, 0.05) is 6.42 Å². The summed E-state index contributed by atoms with van der Waals surface area (Å²) in [5.74, 6) is 0. The average molecular weight is 99.2 g/mol. The Morgan fingerprint density at radius 1 is 1.29 bits per heavy atom. The topological polar surface area (TPSA) is 20.2 Å². The first-order chi connectivity index (χ1) is 2.96. The molecule has 7 heavy (non-hydrogen) atoms. The van der Waals surface area contributed by atoms with E-state index in [1.165, 1.54) is 0 Å². The predicted molar refractivity (Wildman–Crippen MR) is 28.7 cm³/mol. The quantitative estimate of drug-likeness (QED) is 0.480. The van der Waals surface area contributed by atoms with E-state index < -0.39 is 5.60 Å². The molecule has 0 amide bonds. The van der Waals surface area contributed by atoms with Gasteiger partial charge in [0.15, 0.2) is 0 Å². The van der Waals surface area contributed by atoms with Gasteiger partial charge in [0.2, 0.25) is 0 Å². The fraction of sp³-hybridized carbons (Fsp3) is 0.833. The van der Waals surface area contributed by atoms with Crippen molar-refractivity contribution in [1.29, 1.82) is 0 Å². The summed E-state index contributed by atoms with van der Waals surface area (Å²) in [5, 5.41) is 9.10. The van der Waals surface area contributed by atoms with Gasteiger partial charge in [-0.05, 0) is 12.3 Å². The highest BCUT2D eigenvalue weighted by Crippen LogP contribution is 2.53. The Morgan fingerprint density at radius 3 is 1.43 bits per heavy atom.